The number of hydrogen-bond donors (Lipinski definition) is 1. The summed E-state index contributed by atoms with van der Waals surface area (Å²) in [5.74, 6) is 0. The molecule has 0 aliphatic carbocycles. The third-order valence-corrected chi connectivity index (χ3v) is 1.43. The van der Waals surface area contributed by atoms with E-state index in [4.69, 9.17) is 0 Å². The van der Waals surface area contributed by atoms with Gasteiger partial charge in [-0.1, -0.05) is 30.1 Å². The van der Waals surface area contributed by atoms with Crippen LogP contribution in [-0.4, -0.2) is 6.26 Å². The predicted octanol–water partition coefficient (Wildman–Crippen LogP) is 3.22. The van der Waals surface area contributed by atoms with Crippen LogP contribution in [0.2, 0.25) is 0 Å². The maximum Gasteiger partial charge on any atom is 0.0439 e. The van der Waals surface area contributed by atoms with Gasteiger partial charge in [-0.3, -0.25) is 0 Å². The van der Waals surface area contributed by atoms with Crippen LogP contribution >= 0.6 is 36.8 Å². The molecule has 0 bridgehead atoms. The Hall–Kier alpha value is -0.0500. The average Bonchev–Trinajstić information content (AvgIpc) is 1.91. The molecule has 11 heavy (non-hydrogen) atoms. The molecule has 0 atom stereocenters. The van der Waals surface area contributed by atoms with Crippen LogP contribution in [-0.2, 0) is 0 Å². The Balaban J connectivity index is 0. The van der Waals surface area contributed by atoms with Crippen molar-refractivity contribution < 1.29 is 0 Å². The van der Waals surface area contributed by atoms with Crippen LogP contribution in [0.5, 0.6) is 0 Å². The van der Waals surface area contributed by atoms with Gasteiger partial charge in [0.1, 0.15) is 0 Å². The number of para-hydroxylation sites is 1. The number of anilines is 1. The lowest BCUT2D eigenvalue weighted by Crippen LogP contribution is -1.81. The van der Waals surface area contributed by atoms with Gasteiger partial charge in [0, 0.05) is 11.9 Å². The largest absolute Gasteiger partial charge is 0.330 e. The lowest BCUT2D eigenvalue weighted by atomic mass is 10.3. The maximum atomic E-state index is 3.12. The summed E-state index contributed by atoms with van der Waals surface area (Å²) in [6, 6.07) is 10.1. The third-order valence-electron chi connectivity index (χ3n) is 0.994. The van der Waals surface area contributed by atoms with Gasteiger partial charge in [-0.05, 0) is 12.1 Å². The van der Waals surface area contributed by atoms with Crippen molar-refractivity contribution in [1.29, 1.82) is 0 Å². The van der Waals surface area contributed by atoms with Crippen molar-refractivity contribution in [2.24, 2.45) is 0 Å². The van der Waals surface area contributed by atoms with Crippen LogP contribution in [0.1, 0.15) is 0 Å². The molecule has 0 amide bonds. The minimum absolute atomic E-state index is 0. The van der Waals surface area contributed by atoms with Crippen LogP contribution in [0.25, 0.3) is 0 Å². The minimum atomic E-state index is 0. The van der Waals surface area contributed by atoms with E-state index in [-0.39, 0.29) is 24.8 Å². The minimum Gasteiger partial charge on any atom is -0.330 e. The summed E-state index contributed by atoms with van der Waals surface area (Å²) in [4.78, 5) is 0. The molecular weight excluding hydrogens is 201 g/mol. The first-order valence-corrected chi connectivity index (χ1v) is 4.00. The topological polar surface area (TPSA) is 12.0 Å². The van der Waals surface area contributed by atoms with E-state index in [1.54, 1.807) is 11.9 Å². The molecule has 0 unspecified atom stereocenters. The second kappa shape index (κ2) is 8.05. The number of benzene rings is 1. The fourth-order valence-electron chi connectivity index (χ4n) is 0.624. The molecule has 1 aromatic rings. The standard InChI is InChI=1S/C7H9NS.2ClH/c1-9-8-7-5-3-2-4-6-7;;/h2-6,8H,1H3;2*1H. The van der Waals surface area contributed by atoms with Gasteiger partial charge in [0.25, 0.3) is 0 Å². The fourth-order valence-corrected chi connectivity index (χ4v) is 0.996. The van der Waals surface area contributed by atoms with Gasteiger partial charge >= 0.3 is 0 Å². The molecule has 0 aliphatic heterocycles. The lowest BCUT2D eigenvalue weighted by Gasteiger charge is -1.98. The Morgan fingerprint density at radius 2 is 1.64 bits per heavy atom. The normalized spacial score (nSPS) is 7.36. The molecule has 0 heterocycles. The van der Waals surface area contributed by atoms with E-state index in [1.807, 2.05) is 36.6 Å². The second-order valence-electron chi connectivity index (χ2n) is 1.67. The van der Waals surface area contributed by atoms with Crippen molar-refractivity contribution in [2.75, 3.05) is 11.0 Å². The van der Waals surface area contributed by atoms with Crippen molar-refractivity contribution in [3.05, 3.63) is 30.3 Å². The highest BCUT2D eigenvalue weighted by atomic mass is 35.5. The number of hydrogen-bond acceptors (Lipinski definition) is 2. The van der Waals surface area contributed by atoms with E-state index in [2.05, 4.69) is 4.72 Å². The summed E-state index contributed by atoms with van der Waals surface area (Å²) in [6.07, 6.45) is 2.01. The summed E-state index contributed by atoms with van der Waals surface area (Å²) in [5, 5.41) is 0. The summed E-state index contributed by atoms with van der Waals surface area (Å²) in [6.45, 7) is 0. The molecule has 0 saturated carbocycles. The maximum absolute atomic E-state index is 3.12. The quantitative estimate of drug-likeness (QED) is 0.755. The van der Waals surface area contributed by atoms with Gasteiger partial charge in [0.2, 0.25) is 0 Å². The molecule has 0 aliphatic rings. The molecule has 0 aromatic heterocycles. The first-order chi connectivity index (χ1) is 4.43. The van der Waals surface area contributed by atoms with Crippen LogP contribution in [0.15, 0.2) is 30.3 Å². The van der Waals surface area contributed by atoms with Gasteiger partial charge in [0.05, 0.1) is 0 Å². The highest BCUT2D eigenvalue weighted by Gasteiger charge is 1.82. The van der Waals surface area contributed by atoms with E-state index in [0.29, 0.717) is 0 Å². The van der Waals surface area contributed by atoms with Crippen LogP contribution in [0, 0.1) is 0 Å². The number of halogens is 2. The van der Waals surface area contributed by atoms with E-state index in [0.717, 1.165) is 5.69 Å². The molecule has 0 fully saturated rings. The lowest BCUT2D eigenvalue weighted by molar-refractivity contribution is 1.68. The molecule has 1 rings (SSSR count). The second-order valence-corrected chi connectivity index (χ2v) is 2.28. The Morgan fingerprint density at radius 1 is 1.09 bits per heavy atom. The van der Waals surface area contributed by atoms with E-state index < -0.39 is 0 Å². The molecule has 1 nitrogen and oxygen atoms in total. The molecular formula is C7H11Cl2NS. The Kier molecular flexibility index (Phi) is 9.90. The van der Waals surface area contributed by atoms with E-state index in [9.17, 15) is 0 Å². The zero-order valence-electron chi connectivity index (χ0n) is 6.11. The third kappa shape index (κ3) is 5.24. The summed E-state index contributed by atoms with van der Waals surface area (Å²) >= 11 is 1.60. The van der Waals surface area contributed by atoms with Crippen LogP contribution in [0.3, 0.4) is 0 Å². The zero-order chi connectivity index (χ0) is 6.53. The first-order valence-electron chi connectivity index (χ1n) is 2.77. The van der Waals surface area contributed by atoms with Gasteiger partial charge in [0.15, 0.2) is 0 Å². The molecule has 0 saturated heterocycles. The molecule has 1 N–H and O–H groups in total. The summed E-state index contributed by atoms with van der Waals surface area (Å²) in [5.41, 5.74) is 1.16. The molecule has 64 valence electrons. The fraction of sp³-hybridized carbons (Fsp3) is 0.143. The number of rotatable bonds is 2. The van der Waals surface area contributed by atoms with Crippen molar-refractivity contribution in [3.8, 4) is 0 Å². The van der Waals surface area contributed by atoms with Gasteiger partial charge in [-0.25, -0.2) is 0 Å². The molecule has 0 radical (unpaired) electrons. The Labute approximate surface area is 83.9 Å². The van der Waals surface area contributed by atoms with Crippen LogP contribution in [0.4, 0.5) is 5.69 Å². The van der Waals surface area contributed by atoms with Gasteiger partial charge in [-0.15, -0.1) is 24.8 Å². The van der Waals surface area contributed by atoms with E-state index >= 15 is 0 Å². The molecule has 0 spiro atoms. The van der Waals surface area contributed by atoms with Crippen LogP contribution < -0.4 is 4.72 Å². The van der Waals surface area contributed by atoms with E-state index in [1.165, 1.54) is 0 Å². The average molecular weight is 212 g/mol. The highest BCUT2D eigenvalue weighted by molar-refractivity contribution is 7.99. The smallest absolute Gasteiger partial charge is 0.0439 e. The summed E-state index contributed by atoms with van der Waals surface area (Å²) < 4.78 is 3.12. The van der Waals surface area contributed by atoms with Crippen molar-refractivity contribution in [2.45, 2.75) is 0 Å². The van der Waals surface area contributed by atoms with Crippen molar-refractivity contribution in [1.82, 2.24) is 0 Å². The monoisotopic (exact) mass is 211 g/mol. The zero-order valence-corrected chi connectivity index (χ0v) is 8.56. The highest BCUT2D eigenvalue weighted by Crippen LogP contribution is 2.08. The number of nitrogens with one attached hydrogen (secondary N) is 1. The van der Waals surface area contributed by atoms with Gasteiger partial charge < -0.3 is 4.72 Å². The van der Waals surface area contributed by atoms with Crippen molar-refractivity contribution >= 4 is 42.4 Å². The Morgan fingerprint density at radius 3 is 2.09 bits per heavy atom. The van der Waals surface area contributed by atoms with Gasteiger partial charge in [-0.2, -0.15) is 0 Å². The Bertz CT molecular complexity index is 169. The van der Waals surface area contributed by atoms with Crippen molar-refractivity contribution in [3.63, 3.8) is 0 Å². The molecule has 1 aromatic carbocycles. The SMILES string of the molecule is CSNc1ccccc1.Cl.Cl. The summed E-state index contributed by atoms with van der Waals surface area (Å²) in [7, 11) is 0. The predicted molar refractivity (Wildman–Crippen MR) is 58.1 cm³/mol. The first kappa shape index (κ1) is 13.5. The molecule has 4 heteroatoms.